The molecule has 2 rings (SSSR count). The Balaban J connectivity index is 1.93. The van der Waals surface area contributed by atoms with E-state index in [9.17, 15) is 9.18 Å². The van der Waals surface area contributed by atoms with Gasteiger partial charge in [-0.05, 0) is 44.9 Å². The Hall–Kier alpha value is -2.48. The van der Waals surface area contributed by atoms with Crippen molar-refractivity contribution in [1.29, 1.82) is 0 Å². The summed E-state index contributed by atoms with van der Waals surface area (Å²) in [7, 11) is 0. The van der Waals surface area contributed by atoms with Crippen molar-refractivity contribution in [3.8, 4) is 0 Å². The minimum atomic E-state index is -0.454. The van der Waals surface area contributed by atoms with Crippen LogP contribution in [0.4, 0.5) is 4.39 Å². The highest BCUT2D eigenvalue weighted by Crippen LogP contribution is 2.16. The maximum absolute atomic E-state index is 13.1. The van der Waals surface area contributed by atoms with E-state index in [1.807, 2.05) is 13.8 Å². The Morgan fingerprint density at radius 2 is 2.00 bits per heavy atom. The monoisotopic (exact) mass is 405 g/mol. The van der Waals surface area contributed by atoms with E-state index in [0.29, 0.717) is 25.5 Å². The van der Waals surface area contributed by atoms with E-state index in [1.165, 1.54) is 17.0 Å². The molecule has 0 saturated carbocycles. The molecule has 6 nitrogen and oxygen atoms in total. The third kappa shape index (κ3) is 6.92. The molecule has 0 aliphatic rings. The highest BCUT2D eigenvalue weighted by atomic mass is 32.1. The number of guanidine groups is 1. The molecule has 152 valence electrons. The third-order valence-corrected chi connectivity index (χ3v) is 5.45. The van der Waals surface area contributed by atoms with Gasteiger partial charge in [0, 0.05) is 24.4 Å². The summed E-state index contributed by atoms with van der Waals surface area (Å²) in [6.07, 6.45) is 1.23. The topological polar surface area (TPSA) is 92.4 Å². The van der Waals surface area contributed by atoms with Crippen LogP contribution in [0.25, 0.3) is 0 Å². The zero-order valence-corrected chi connectivity index (χ0v) is 17.4. The van der Waals surface area contributed by atoms with E-state index in [-0.39, 0.29) is 12.4 Å². The Morgan fingerprint density at radius 3 is 2.57 bits per heavy atom. The molecule has 1 atom stereocenters. The van der Waals surface area contributed by atoms with E-state index >= 15 is 0 Å². The molecule has 2 aromatic rings. The van der Waals surface area contributed by atoms with E-state index in [2.05, 4.69) is 27.5 Å². The Morgan fingerprint density at radius 1 is 1.29 bits per heavy atom. The lowest BCUT2D eigenvalue weighted by molar-refractivity contribution is -0.121. The van der Waals surface area contributed by atoms with Crippen LogP contribution in [-0.2, 0) is 17.6 Å². The van der Waals surface area contributed by atoms with Crippen LogP contribution in [0.3, 0.4) is 0 Å². The molecule has 0 bridgehead atoms. The molecule has 1 aromatic carbocycles. The van der Waals surface area contributed by atoms with Crippen LogP contribution in [0.15, 0.2) is 29.3 Å². The van der Waals surface area contributed by atoms with E-state index in [0.717, 1.165) is 22.7 Å². The fraction of sp³-hybridized carbons (Fsp3) is 0.450. The first-order valence-corrected chi connectivity index (χ1v) is 10.2. The largest absolute Gasteiger partial charge is 0.369 e. The predicted molar refractivity (Wildman–Crippen MR) is 112 cm³/mol. The number of hydrogen-bond donors (Lipinski definition) is 3. The molecule has 0 saturated heterocycles. The average Bonchev–Trinajstić information content (AvgIpc) is 2.97. The van der Waals surface area contributed by atoms with Crippen molar-refractivity contribution in [2.75, 3.05) is 19.6 Å². The second-order valence-corrected chi connectivity index (χ2v) is 7.86. The summed E-state index contributed by atoms with van der Waals surface area (Å²) in [5.74, 6) is -0.539. The van der Waals surface area contributed by atoms with Crippen LogP contribution in [0.2, 0.25) is 0 Å². The van der Waals surface area contributed by atoms with Gasteiger partial charge in [-0.25, -0.2) is 9.37 Å². The quantitative estimate of drug-likeness (QED) is 0.441. The number of aromatic nitrogens is 1. The van der Waals surface area contributed by atoms with Crippen molar-refractivity contribution < 1.29 is 9.18 Å². The summed E-state index contributed by atoms with van der Waals surface area (Å²) < 4.78 is 13.1. The lowest BCUT2D eigenvalue weighted by atomic mass is 9.99. The first-order chi connectivity index (χ1) is 13.4. The standard InChI is InChI=1S/C20H28FN5OS/c1-4-23-20(24-10-9-18-26-13(2)14(3)28-18)25-12-16(19(22)27)11-15-5-7-17(21)8-6-15/h5-8,16H,4,9-12H2,1-3H3,(H2,22,27)(H2,23,24,25). The van der Waals surface area contributed by atoms with Gasteiger partial charge < -0.3 is 16.4 Å². The lowest BCUT2D eigenvalue weighted by Gasteiger charge is -2.14. The molecule has 8 heteroatoms. The number of primary amides is 1. The molecule has 4 N–H and O–H groups in total. The average molecular weight is 406 g/mol. The van der Waals surface area contributed by atoms with E-state index in [1.54, 1.807) is 23.5 Å². The smallest absolute Gasteiger partial charge is 0.222 e. The van der Waals surface area contributed by atoms with Gasteiger partial charge in [0.1, 0.15) is 5.82 Å². The van der Waals surface area contributed by atoms with Gasteiger partial charge in [-0.15, -0.1) is 11.3 Å². The normalized spacial score (nSPS) is 12.6. The molecule has 0 fully saturated rings. The number of rotatable bonds is 9. The molecule has 1 aromatic heterocycles. The summed E-state index contributed by atoms with van der Waals surface area (Å²) in [5.41, 5.74) is 7.47. The Kier molecular flexibility index (Phi) is 8.38. The number of nitrogens with two attached hydrogens (primary N) is 1. The molecule has 28 heavy (non-hydrogen) atoms. The number of amides is 1. The minimum absolute atomic E-state index is 0.261. The Labute approximate surface area is 169 Å². The molecule has 0 aliphatic heterocycles. The minimum Gasteiger partial charge on any atom is -0.369 e. The lowest BCUT2D eigenvalue weighted by Crippen LogP contribution is -2.39. The number of hydrogen-bond acceptors (Lipinski definition) is 4. The van der Waals surface area contributed by atoms with Crippen molar-refractivity contribution >= 4 is 23.2 Å². The second-order valence-electron chi connectivity index (χ2n) is 6.58. The molecule has 1 heterocycles. The zero-order valence-electron chi connectivity index (χ0n) is 16.6. The van der Waals surface area contributed by atoms with Gasteiger partial charge in [-0.1, -0.05) is 12.1 Å². The molecule has 1 amide bonds. The van der Waals surface area contributed by atoms with Crippen molar-refractivity contribution in [3.63, 3.8) is 0 Å². The summed E-state index contributed by atoms with van der Waals surface area (Å²) in [6, 6.07) is 6.08. The molecule has 0 radical (unpaired) electrons. The number of thiazole rings is 1. The van der Waals surface area contributed by atoms with Crippen LogP contribution in [0.5, 0.6) is 0 Å². The molecular weight excluding hydrogens is 377 g/mol. The first-order valence-electron chi connectivity index (χ1n) is 9.37. The molecular formula is C20H28FN5OS. The second kappa shape index (κ2) is 10.8. The van der Waals surface area contributed by atoms with Gasteiger partial charge >= 0.3 is 0 Å². The fourth-order valence-electron chi connectivity index (χ4n) is 2.64. The fourth-order valence-corrected chi connectivity index (χ4v) is 3.57. The van der Waals surface area contributed by atoms with Gasteiger partial charge in [0.2, 0.25) is 5.91 Å². The van der Waals surface area contributed by atoms with Gasteiger partial charge in [0.25, 0.3) is 0 Å². The van der Waals surface area contributed by atoms with Crippen LogP contribution in [0.1, 0.15) is 28.1 Å². The van der Waals surface area contributed by atoms with Crippen molar-refractivity contribution in [3.05, 3.63) is 51.2 Å². The zero-order chi connectivity index (χ0) is 20.5. The van der Waals surface area contributed by atoms with Crippen LogP contribution < -0.4 is 16.4 Å². The van der Waals surface area contributed by atoms with Gasteiger partial charge in [-0.2, -0.15) is 0 Å². The van der Waals surface area contributed by atoms with E-state index in [4.69, 9.17) is 5.73 Å². The number of halogens is 1. The van der Waals surface area contributed by atoms with Gasteiger partial charge in [-0.3, -0.25) is 9.79 Å². The van der Waals surface area contributed by atoms with Crippen LogP contribution >= 0.6 is 11.3 Å². The first kappa shape index (κ1) is 21.8. The molecule has 0 aliphatic carbocycles. The summed E-state index contributed by atoms with van der Waals surface area (Å²) in [4.78, 5) is 22.1. The summed E-state index contributed by atoms with van der Waals surface area (Å²) >= 11 is 1.70. The van der Waals surface area contributed by atoms with Crippen LogP contribution in [0, 0.1) is 25.6 Å². The third-order valence-electron chi connectivity index (χ3n) is 4.32. The highest BCUT2D eigenvalue weighted by molar-refractivity contribution is 7.11. The number of aryl methyl sites for hydroxylation is 2. The van der Waals surface area contributed by atoms with Crippen molar-refractivity contribution in [1.82, 2.24) is 15.6 Å². The van der Waals surface area contributed by atoms with E-state index < -0.39 is 11.8 Å². The van der Waals surface area contributed by atoms with Crippen molar-refractivity contribution in [2.24, 2.45) is 16.6 Å². The maximum Gasteiger partial charge on any atom is 0.222 e. The van der Waals surface area contributed by atoms with Crippen LogP contribution in [-0.4, -0.2) is 36.5 Å². The number of carbonyl (C=O) groups is 1. The number of nitrogens with one attached hydrogen (secondary N) is 2. The molecule has 0 spiro atoms. The SMILES string of the molecule is CCNC(=NCC(Cc1ccc(F)cc1)C(N)=O)NCCc1nc(C)c(C)s1. The number of aliphatic imine (C=N–C) groups is 1. The number of carbonyl (C=O) groups excluding carboxylic acids is 1. The van der Waals surface area contributed by atoms with Crippen molar-refractivity contribution in [2.45, 2.75) is 33.6 Å². The number of benzene rings is 1. The van der Waals surface area contributed by atoms with Gasteiger partial charge in [0.15, 0.2) is 5.96 Å². The predicted octanol–water partition coefficient (Wildman–Crippen LogP) is 2.34. The van der Waals surface area contributed by atoms with Gasteiger partial charge in [0.05, 0.1) is 23.2 Å². The summed E-state index contributed by atoms with van der Waals surface area (Å²) in [6.45, 7) is 7.73. The molecule has 1 unspecified atom stereocenters. The Bertz CT molecular complexity index is 784. The summed E-state index contributed by atoms with van der Waals surface area (Å²) in [5, 5.41) is 7.53. The maximum atomic E-state index is 13.1. The highest BCUT2D eigenvalue weighted by Gasteiger charge is 2.16. The number of nitrogens with zero attached hydrogens (tertiary/aromatic N) is 2.